The topological polar surface area (TPSA) is 424 Å². The molecule has 0 aromatic rings. The molecule has 0 aliphatic heterocycles. The first-order valence-corrected chi connectivity index (χ1v) is 36.8. The van der Waals surface area contributed by atoms with Gasteiger partial charge in [-0.3, -0.25) is 62.3 Å². The monoisotopic (exact) mass is 1510 g/mol. The van der Waals surface area contributed by atoms with Crippen LogP contribution in [0.5, 0.6) is 0 Å². The van der Waals surface area contributed by atoms with Crippen LogP contribution in [-0.2, 0) is 67.1 Å². The van der Waals surface area contributed by atoms with E-state index in [2.05, 4.69) is 31.9 Å². The number of rotatable bonds is 43. The number of ether oxygens (including phenoxy) is 1. The molecule has 106 heavy (non-hydrogen) atoms. The summed E-state index contributed by atoms with van der Waals surface area (Å²) in [6, 6.07) is -15.1. The number of aliphatic hydroxyl groups excluding tert-OH is 3. The number of carbonyl (C=O) groups is 14. The van der Waals surface area contributed by atoms with Gasteiger partial charge in [-0.05, 0) is 135 Å². The van der Waals surface area contributed by atoms with Crippen molar-refractivity contribution in [3.8, 4) is 0 Å². The number of aliphatic carboxylic acids is 1. The molecule has 0 heterocycles. The summed E-state index contributed by atoms with van der Waals surface area (Å²) < 4.78 is 5.26. The van der Waals surface area contributed by atoms with Crippen molar-refractivity contribution >= 4 is 82.9 Å². The average Bonchev–Trinajstić information content (AvgIpc) is 0.790. The third-order valence-electron chi connectivity index (χ3n) is 17.9. The molecule has 15 atom stereocenters. The third kappa shape index (κ3) is 31.8. The number of hydrogen-bond donors (Lipinski definition) is 10. The number of carbonyl (C=O) groups excluding carboxylic acids is 13. The molecule has 0 aliphatic rings. The molecule has 0 fully saturated rings. The van der Waals surface area contributed by atoms with Crippen LogP contribution in [0.1, 0.15) is 184 Å². The number of aliphatic hydroxyl groups is 3. The lowest BCUT2D eigenvalue weighted by Gasteiger charge is -2.40. The summed E-state index contributed by atoms with van der Waals surface area (Å²) in [6.45, 7) is 33.7. The Bertz CT molecular complexity index is 2990. The highest BCUT2D eigenvalue weighted by Gasteiger charge is 2.45. The second kappa shape index (κ2) is 45.0. The van der Waals surface area contributed by atoms with Gasteiger partial charge < -0.3 is 91.4 Å². The van der Waals surface area contributed by atoms with Crippen molar-refractivity contribution in [2.75, 3.05) is 62.4 Å². The highest BCUT2D eigenvalue weighted by Crippen LogP contribution is 2.25. The molecule has 10 N–H and O–H groups in total. The van der Waals surface area contributed by atoms with Crippen LogP contribution in [0.2, 0.25) is 0 Å². The lowest BCUT2D eigenvalue weighted by Crippen LogP contribution is -2.64. The Balaban J connectivity index is 6.99. The van der Waals surface area contributed by atoms with Crippen LogP contribution in [0.15, 0.2) is 12.2 Å². The zero-order valence-electron chi connectivity index (χ0n) is 68.5. The quantitative estimate of drug-likeness (QED) is 0.0391. The summed E-state index contributed by atoms with van der Waals surface area (Å²) in [5.74, 6) is -13.2. The fraction of sp³-hybridized carbons (Fsp3) is 0.784. The molecular weight excluding hydrogens is 1370 g/mol. The largest absolute Gasteiger partial charge is 0.480 e. The lowest BCUT2D eigenvalue weighted by molar-refractivity contribution is -0.155. The smallest absolute Gasteiger partial charge is 0.408 e. The predicted octanol–water partition coefficient (Wildman–Crippen LogP) is 2.09. The minimum atomic E-state index is -1.74. The van der Waals surface area contributed by atoms with Crippen molar-refractivity contribution in [1.82, 2.24) is 66.2 Å². The number of carboxylic acid groups (broad SMARTS) is 1. The summed E-state index contributed by atoms with van der Waals surface area (Å²) in [5.41, 5.74) is -0.917. The Hall–Kier alpha value is -8.00. The van der Waals surface area contributed by atoms with Crippen molar-refractivity contribution in [2.24, 2.45) is 41.4 Å². The van der Waals surface area contributed by atoms with E-state index in [0.29, 0.717) is 0 Å². The maximum absolute atomic E-state index is 15.0. The zero-order valence-corrected chi connectivity index (χ0v) is 68.5. The van der Waals surface area contributed by atoms with E-state index in [4.69, 9.17) is 4.74 Å². The number of nitrogens with one attached hydrogen (secondary N) is 6. The van der Waals surface area contributed by atoms with E-state index in [1.54, 1.807) is 74.5 Å². The fourth-order valence-corrected chi connectivity index (χ4v) is 12.0. The minimum absolute atomic E-state index is 0.0418. The van der Waals surface area contributed by atoms with Crippen LogP contribution in [0.3, 0.4) is 0 Å². The Morgan fingerprint density at radius 1 is 0.406 bits per heavy atom. The molecule has 0 spiro atoms. The number of allylic oxidation sites excluding steroid dienone is 2. The fourth-order valence-electron chi connectivity index (χ4n) is 12.0. The van der Waals surface area contributed by atoms with Crippen LogP contribution in [0.4, 0.5) is 4.79 Å². The van der Waals surface area contributed by atoms with Crippen LogP contribution in [0.25, 0.3) is 0 Å². The predicted molar refractivity (Wildman–Crippen MR) is 400 cm³/mol. The number of alkyl carbamates (subject to hydrolysis) is 1. The first-order valence-electron chi connectivity index (χ1n) is 36.8. The number of hydrogen-bond acceptors (Lipinski definition) is 18. The summed E-state index contributed by atoms with van der Waals surface area (Å²) >= 11 is 0. The second-order valence-electron chi connectivity index (χ2n) is 31.9. The van der Waals surface area contributed by atoms with Gasteiger partial charge in [0.1, 0.15) is 78.6 Å². The maximum atomic E-state index is 15.0. The molecule has 0 aliphatic carbocycles. The summed E-state index contributed by atoms with van der Waals surface area (Å²) in [5, 5.41) is 58.1. The first kappa shape index (κ1) is 98.0. The molecule has 0 unspecified atom stereocenters. The number of amides is 13. The molecule has 608 valence electrons. The summed E-state index contributed by atoms with van der Waals surface area (Å²) in [4.78, 5) is 203. The van der Waals surface area contributed by atoms with Crippen molar-refractivity contribution in [3.63, 3.8) is 0 Å². The lowest BCUT2D eigenvalue weighted by atomic mass is 9.91. The highest BCUT2D eigenvalue weighted by atomic mass is 16.6. The van der Waals surface area contributed by atoms with E-state index >= 15 is 0 Å². The van der Waals surface area contributed by atoms with Crippen LogP contribution in [0, 0.1) is 41.4 Å². The summed E-state index contributed by atoms with van der Waals surface area (Å²) in [6.07, 6.45) is -1.38. The van der Waals surface area contributed by atoms with E-state index in [1.807, 2.05) is 55.4 Å². The molecule has 32 nitrogen and oxygen atoms in total. The second-order valence-corrected chi connectivity index (χ2v) is 31.9. The molecule has 32 heteroatoms. The molecule has 0 saturated heterocycles. The first-order chi connectivity index (χ1) is 48.6. The van der Waals surface area contributed by atoms with Gasteiger partial charge >= 0.3 is 12.1 Å². The van der Waals surface area contributed by atoms with Crippen LogP contribution < -0.4 is 31.9 Å². The van der Waals surface area contributed by atoms with Crippen LogP contribution in [-0.4, -0.2) is 290 Å². The van der Waals surface area contributed by atoms with Gasteiger partial charge in [-0.1, -0.05) is 102 Å². The molecule has 0 rings (SSSR count). The van der Waals surface area contributed by atoms with Gasteiger partial charge in [-0.2, -0.15) is 0 Å². The van der Waals surface area contributed by atoms with E-state index in [1.165, 1.54) is 74.9 Å². The zero-order chi connectivity index (χ0) is 82.8. The van der Waals surface area contributed by atoms with Gasteiger partial charge in [0.2, 0.25) is 70.9 Å². The third-order valence-corrected chi connectivity index (χ3v) is 17.9. The Morgan fingerprint density at radius 2 is 0.774 bits per heavy atom. The Kier molecular flexibility index (Phi) is 41.6. The number of carboxylic acids is 1. The van der Waals surface area contributed by atoms with E-state index in [9.17, 15) is 87.5 Å². The molecule has 0 aromatic heterocycles. The molecule has 0 bridgehead atoms. The van der Waals surface area contributed by atoms with Crippen molar-refractivity contribution in [2.45, 2.75) is 274 Å². The normalized spacial score (nSPS) is 16.1. The van der Waals surface area contributed by atoms with Gasteiger partial charge in [-0.25, -0.2) is 4.79 Å². The molecular formula is C74H133N13O19. The number of likely N-dealkylation sites (N-methyl/N-ethyl adjacent to an activating group) is 7. The molecule has 13 amide bonds. The maximum Gasteiger partial charge on any atom is 0.408 e. The summed E-state index contributed by atoms with van der Waals surface area (Å²) in [7, 11) is 9.19. The van der Waals surface area contributed by atoms with Crippen molar-refractivity contribution < 1.29 is 92.3 Å². The minimum Gasteiger partial charge on any atom is -0.480 e. The molecule has 0 saturated carbocycles. The Labute approximate surface area is 629 Å². The standard InChI is InChI=1S/C74H133N13O19/c1-29-30-31-45(14)61(93)60(66(98)79-57(48(17)88)70(102)82(23)38-56(91)92)87(28)72(104)59(44(12)13)86(27)69(101)51(33-40(4)5)78-65(97)54(36-43(10)11)84(25)67(99)47(16)76-62(94)46(15)75-63(95)53(35-42(8)9)85(26)68(100)50(32-39(2)3)77-64(96)52(34-41(6)7)83(24)55(90)37-81(22)71(103)58(49(18)89)80-73(105)106-74(19,20)21/h29-30,39-54,57-61,88-89,93H,31-38H2,1-28H3,(H,75,95)(H,76,94)(H,77,96)(H,78,97)(H,79,98)(H,80,105)(H,91,92)/t45-,46+,47-,48-,49-,50+,51+,52+,53+,54+,57+,58+,59+,60+,61-/m1/s1. The van der Waals surface area contributed by atoms with Crippen molar-refractivity contribution in [3.05, 3.63) is 12.2 Å². The average molecular weight is 1510 g/mol. The highest BCUT2D eigenvalue weighted by molar-refractivity contribution is 6.00. The Morgan fingerprint density at radius 3 is 1.16 bits per heavy atom. The van der Waals surface area contributed by atoms with Gasteiger partial charge in [0, 0.05) is 49.3 Å². The van der Waals surface area contributed by atoms with Gasteiger partial charge in [0.15, 0.2) is 0 Å². The van der Waals surface area contributed by atoms with Gasteiger partial charge in [0.25, 0.3) is 0 Å². The SMILES string of the molecule is CC=CC[C@@H](C)[C@@H](O)[C@@H](C(=O)N[C@H](C(=O)N(C)CC(=O)O)[C@@H](C)O)N(C)C(=O)[C@H](C(C)C)N(C)C(=O)[C@H](CC(C)C)NC(=O)[C@H](CC(C)C)N(C)C(=O)[C@@H](C)NC(=O)[C@H](C)NC(=O)[C@H](CC(C)C)N(C)C(=O)[C@H](CC(C)C)NC(=O)[C@H](CC(C)C)N(C)C(=O)CN(C)C(=O)[C@@H](NC(=O)OC(C)(C)C)[C@@H](C)O. The molecule has 0 radical (unpaired) electrons. The van der Waals surface area contributed by atoms with E-state index in [-0.39, 0.29) is 68.1 Å². The number of nitrogens with zero attached hydrogens (tertiary/aromatic N) is 7. The van der Waals surface area contributed by atoms with E-state index in [0.717, 1.165) is 36.4 Å². The van der Waals surface area contributed by atoms with Crippen molar-refractivity contribution in [1.29, 1.82) is 0 Å². The molecule has 0 aromatic carbocycles. The van der Waals surface area contributed by atoms with E-state index < -0.39 is 198 Å². The van der Waals surface area contributed by atoms with Gasteiger partial charge in [-0.15, -0.1) is 0 Å². The van der Waals surface area contributed by atoms with Crippen LogP contribution >= 0.6 is 0 Å². The van der Waals surface area contributed by atoms with Gasteiger partial charge in [0.05, 0.1) is 24.9 Å².